The van der Waals surface area contributed by atoms with Gasteiger partial charge in [-0.3, -0.25) is 9.89 Å². The molecule has 5 rings (SSSR count). The third-order valence-electron chi connectivity index (χ3n) is 6.07. The standard InChI is InChI=1S/C22H24FN5O2/c23-17-6-4-16(5-7-17)21-24-20(27-30-21)8-1-14-9-11-28(12-10-14)22(29)19-13-18(25-26-19)15-2-3-15/h4-7,13-15H,1-3,8-12H2,(H,25,26). The van der Waals surface area contributed by atoms with E-state index in [4.69, 9.17) is 4.52 Å². The lowest BCUT2D eigenvalue weighted by Crippen LogP contribution is -2.38. The number of aromatic nitrogens is 4. The Morgan fingerprint density at radius 2 is 1.93 bits per heavy atom. The van der Waals surface area contributed by atoms with Gasteiger partial charge in [0.1, 0.15) is 11.5 Å². The van der Waals surface area contributed by atoms with Gasteiger partial charge in [-0.1, -0.05) is 5.16 Å². The van der Waals surface area contributed by atoms with Crippen LogP contribution in [0.2, 0.25) is 0 Å². The topological polar surface area (TPSA) is 87.9 Å². The van der Waals surface area contributed by atoms with Gasteiger partial charge in [0.25, 0.3) is 11.8 Å². The third-order valence-corrected chi connectivity index (χ3v) is 6.07. The molecule has 8 heteroatoms. The summed E-state index contributed by atoms with van der Waals surface area (Å²) in [6, 6.07) is 7.94. The van der Waals surface area contributed by atoms with Gasteiger partial charge in [-0.25, -0.2) is 4.39 Å². The van der Waals surface area contributed by atoms with Crippen molar-refractivity contribution in [2.45, 2.75) is 44.4 Å². The number of halogens is 1. The molecule has 1 amide bonds. The van der Waals surface area contributed by atoms with Crippen molar-refractivity contribution in [3.05, 3.63) is 53.4 Å². The Labute approximate surface area is 173 Å². The molecule has 1 saturated heterocycles. The maximum Gasteiger partial charge on any atom is 0.274 e. The van der Waals surface area contributed by atoms with Gasteiger partial charge in [0.05, 0.1) is 0 Å². The fourth-order valence-electron chi connectivity index (χ4n) is 4.03. The molecule has 0 atom stereocenters. The fourth-order valence-corrected chi connectivity index (χ4v) is 4.03. The average Bonchev–Trinajstić information content (AvgIpc) is 3.31. The third kappa shape index (κ3) is 4.13. The molecule has 1 aliphatic heterocycles. The quantitative estimate of drug-likeness (QED) is 0.666. The minimum Gasteiger partial charge on any atom is -0.337 e. The van der Waals surface area contributed by atoms with Crippen molar-refractivity contribution in [3.8, 4) is 11.5 Å². The molecule has 1 saturated carbocycles. The van der Waals surface area contributed by atoms with E-state index in [1.165, 1.54) is 25.0 Å². The molecule has 30 heavy (non-hydrogen) atoms. The van der Waals surface area contributed by atoms with E-state index in [0.29, 0.717) is 34.8 Å². The van der Waals surface area contributed by atoms with Gasteiger partial charge >= 0.3 is 0 Å². The summed E-state index contributed by atoms with van der Waals surface area (Å²) < 4.78 is 18.4. The Kier molecular flexibility index (Phi) is 5.06. The van der Waals surface area contributed by atoms with Gasteiger partial charge in [0, 0.05) is 36.7 Å². The Morgan fingerprint density at radius 3 is 2.67 bits per heavy atom. The van der Waals surface area contributed by atoms with Crippen LogP contribution in [0.25, 0.3) is 11.5 Å². The summed E-state index contributed by atoms with van der Waals surface area (Å²) in [5.74, 6) is 1.91. The number of nitrogens with zero attached hydrogens (tertiary/aromatic N) is 4. The van der Waals surface area contributed by atoms with Crippen LogP contribution in [0.5, 0.6) is 0 Å². The highest BCUT2D eigenvalue weighted by Crippen LogP contribution is 2.39. The normalized spacial score (nSPS) is 17.4. The number of carbonyl (C=O) groups is 1. The number of nitrogens with one attached hydrogen (secondary N) is 1. The number of amides is 1. The summed E-state index contributed by atoms with van der Waals surface area (Å²) in [6.07, 6.45) is 5.99. The number of aromatic amines is 1. The average molecular weight is 409 g/mol. The van der Waals surface area contributed by atoms with Crippen molar-refractivity contribution in [2.24, 2.45) is 5.92 Å². The highest BCUT2D eigenvalue weighted by molar-refractivity contribution is 5.92. The van der Waals surface area contributed by atoms with Crippen molar-refractivity contribution in [3.63, 3.8) is 0 Å². The van der Waals surface area contributed by atoms with Crippen molar-refractivity contribution in [2.75, 3.05) is 13.1 Å². The number of aryl methyl sites for hydroxylation is 1. The molecule has 2 fully saturated rings. The molecule has 0 unspecified atom stereocenters. The summed E-state index contributed by atoms with van der Waals surface area (Å²) >= 11 is 0. The first-order valence-electron chi connectivity index (χ1n) is 10.6. The number of rotatable bonds is 6. The zero-order valence-electron chi connectivity index (χ0n) is 16.7. The van der Waals surface area contributed by atoms with Crippen LogP contribution in [0.3, 0.4) is 0 Å². The lowest BCUT2D eigenvalue weighted by atomic mass is 9.92. The van der Waals surface area contributed by atoms with E-state index in [1.54, 1.807) is 12.1 Å². The summed E-state index contributed by atoms with van der Waals surface area (Å²) in [7, 11) is 0. The molecule has 156 valence electrons. The van der Waals surface area contributed by atoms with Crippen LogP contribution in [0, 0.1) is 11.7 Å². The minimum absolute atomic E-state index is 0.0266. The molecule has 0 bridgehead atoms. The van der Waals surface area contributed by atoms with E-state index in [9.17, 15) is 9.18 Å². The molecule has 1 N–H and O–H groups in total. The smallest absolute Gasteiger partial charge is 0.274 e. The van der Waals surface area contributed by atoms with Crippen molar-refractivity contribution in [1.82, 2.24) is 25.2 Å². The number of H-pyrrole nitrogens is 1. The molecular weight excluding hydrogens is 385 g/mol. The Hall–Kier alpha value is -3.03. The zero-order valence-corrected chi connectivity index (χ0v) is 16.7. The molecule has 7 nitrogen and oxygen atoms in total. The summed E-state index contributed by atoms with van der Waals surface area (Å²) in [5, 5.41) is 11.3. The van der Waals surface area contributed by atoms with E-state index < -0.39 is 0 Å². The monoisotopic (exact) mass is 409 g/mol. The number of hydrogen-bond acceptors (Lipinski definition) is 5. The molecule has 1 aromatic carbocycles. The van der Waals surface area contributed by atoms with E-state index >= 15 is 0 Å². The van der Waals surface area contributed by atoms with Crippen LogP contribution < -0.4 is 0 Å². The number of carbonyl (C=O) groups excluding carboxylic acids is 1. The number of piperidine rings is 1. The molecule has 0 radical (unpaired) electrons. The molecule has 3 aromatic rings. The number of benzene rings is 1. The first-order chi connectivity index (χ1) is 14.7. The summed E-state index contributed by atoms with van der Waals surface area (Å²) in [5.41, 5.74) is 2.34. The lowest BCUT2D eigenvalue weighted by molar-refractivity contribution is 0.0680. The highest BCUT2D eigenvalue weighted by Gasteiger charge is 2.29. The Morgan fingerprint density at radius 1 is 1.17 bits per heavy atom. The van der Waals surface area contributed by atoms with Crippen molar-refractivity contribution in [1.29, 1.82) is 0 Å². The molecule has 3 heterocycles. The second kappa shape index (κ2) is 8.01. The first-order valence-corrected chi connectivity index (χ1v) is 10.6. The van der Waals surface area contributed by atoms with Gasteiger partial charge < -0.3 is 9.42 Å². The van der Waals surface area contributed by atoms with Crippen LogP contribution in [-0.4, -0.2) is 44.2 Å². The van der Waals surface area contributed by atoms with E-state index in [1.807, 2.05) is 11.0 Å². The molecule has 1 aliphatic carbocycles. The maximum atomic E-state index is 13.0. The maximum absolute atomic E-state index is 13.0. The van der Waals surface area contributed by atoms with Gasteiger partial charge in [0.2, 0.25) is 0 Å². The van der Waals surface area contributed by atoms with Crippen LogP contribution in [0.4, 0.5) is 4.39 Å². The largest absolute Gasteiger partial charge is 0.337 e. The van der Waals surface area contributed by atoms with E-state index in [-0.39, 0.29) is 11.7 Å². The summed E-state index contributed by atoms with van der Waals surface area (Å²) in [6.45, 7) is 1.50. The predicted molar refractivity (Wildman–Crippen MR) is 107 cm³/mol. The van der Waals surface area contributed by atoms with Crippen molar-refractivity contribution >= 4 is 5.91 Å². The Bertz CT molecular complexity index is 1020. The van der Waals surface area contributed by atoms with E-state index in [2.05, 4.69) is 20.3 Å². The Balaban J connectivity index is 1.10. The molecule has 2 aliphatic rings. The van der Waals surface area contributed by atoms with E-state index in [0.717, 1.165) is 44.5 Å². The first kappa shape index (κ1) is 19.0. The van der Waals surface area contributed by atoms with Gasteiger partial charge in [0.15, 0.2) is 5.82 Å². The zero-order chi connectivity index (χ0) is 20.5. The fraction of sp³-hybridized carbons (Fsp3) is 0.455. The number of hydrogen-bond donors (Lipinski definition) is 1. The SMILES string of the molecule is O=C(c1cc(C2CC2)[nH]n1)N1CCC(CCc2noc(-c3ccc(F)cc3)n2)CC1. The highest BCUT2D eigenvalue weighted by atomic mass is 19.1. The molecule has 0 spiro atoms. The second-order valence-electron chi connectivity index (χ2n) is 8.28. The summed E-state index contributed by atoms with van der Waals surface area (Å²) in [4.78, 5) is 19.0. The lowest BCUT2D eigenvalue weighted by Gasteiger charge is -2.31. The van der Waals surface area contributed by atoms with Gasteiger partial charge in [-0.2, -0.15) is 10.1 Å². The van der Waals surface area contributed by atoms with Crippen LogP contribution in [0.15, 0.2) is 34.9 Å². The van der Waals surface area contributed by atoms with Gasteiger partial charge in [-0.05, 0) is 68.4 Å². The second-order valence-corrected chi connectivity index (χ2v) is 8.28. The predicted octanol–water partition coefficient (Wildman–Crippen LogP) is 3.96. The van der Waals surface area contributed by atoms with Crippen LogP contribution in [0.1, 0.15) is 60.0 Å². The minimum atomic E-state index is -0.293. The molecule has 2 aromatic heterocycles. The van der Waals surface area contributed by atoms with Crippen LogP contribution >= 0.6 is 0 Å². The van der Waals surface area contributed by atoms with Crippen LogP contribution in [-0.2, 0) is 6.42 Å². The molecular formula is C22H24FN5O2. The van der Waals surface area contributed by atoms with Gasteiger partial charge in [-0.15, -0.1) is 0 Å². The number of likely N-dealkylation sites (tertiary alicyclic amines) is 1. The van der Waals surface area contributed by atoms with Crippen molar-refractivity contribution < 1.29 is 13.7 Å².